The molecule has 28 heavy (non-hydrogen) atoms. The second-order valence-corrected chi connectivity index (χ2v) is 8.75. The lowest BCUT2D eigenvalue weighted by molar-refractivity contribution is -0.137. The monoisotopic (exact) mass is 377 g/mol. The molecule has 2 aliphatic rings. The highest BCUT2D eigenvalue weighted by molar-refractivity contribution is 5.78. The third-order valence-electron chi connectivity index (χ3n) is 6.40. The van der Waals surface area contributed by atoms with E-state index in [4.69, 9.17) is 0 Å². The average Bonchev–Trinajstić information content (AvgIpc) is 2.87. The van der Waals surface area contributed by atoms with Crippen molar-refractivity contribution in [3.8, 4) is 0 Å². The molecule has 1 amide bonds. The summed E-state index contributed by atoms with van der Waals surface area (Å²) in [6, 6.07) is 12.9. The summed E-state index contributed by atoms with van der Waals surface area (Å²) >= 11 is 0. The molecule has 1 aromatic carbocycles. The summed E-state index contributed by atoms with van der Waals surface area (Å²) in [5, 5.41) is 0. The Labute approximate surface area is 168 Å². The van der Waals surface area contributed by atoms with Crippen LogP contribution in [0.1, 0.15) is 49.8 Å². The van der Waals surface area contributed by atoms with E-state index in [1.807, 2.05) is 26.2 Å². The van der Waals surface area contributed by atoms with Gasteiger partial charge in [-0.1, -0.05) is 44.5 Å². The van der Waals surface area contributed by atoms with Crippen LogP contribution >= 0.6 is 0 Å². The van der Waals surface area contributed by atoms with Gasteiger partial charge in [0.05, 0.1) is 0 Å². The average molecular weight is 378 g/mol. The molecule has 1 aromatic heterocycles. The SMILES string of the molecule is CC(C)C(=O)N1Cc2ccccc2CC2(CCCCN2Cc2ccncc2)C1. The molecule has 148 valence electrons. The molecule has 1 atom stereocenters. The highest BCUT2D eigenvalue weighted by atomic mass is 16.2. The van der Waals surface area contributed by atoms with Crippen molar-refractivity contribution in [3.63, 3.8) is 0 Å². The summed E-state index contributed by atoms with van der Waals surface area (Å²) in [6.45, 7) is 7.60. The number of hydrogen-bond donors (Lipinski definition) is 0. The van der Waals surface area contributed by atoms with Crippen LogP contribution in [0.5, 0.6) is 0 Å². The molecular formula is C24H31N3O. The molecular weight excluding hydrogens is 346 g/mol. The van der Waals surface area contributed by atoms with Gasteiger partial charge in [0.1, 0.15) is 0 Å². The first-order valence-electron chi connectivity index (χ1n) is 10.6. The fourth-order valence-electron chi connectivity index (χ4n) is 4.92. The Hall–Kier alpha value is -2.20. The Balaban J connectivity index is 1.71. The van der Waals surface area contributed by atoms with Crippen molar-refractivity contribution in [3.05, 3.63) is 65.5 Å². The lowest BCUT2D eigenvalue weighted by Gasteiger charge is -2.49. The van der Waals surface area contributed by atoms with Crippen molar-refractivity contribution in [2.45, 2.75) is 58.2 Å². The number of carbonyl (C=O) groups is 1. The number of likely N-dealkylation sites (tertiary alicyclic amines) is 1. The normalized spacial score (nSPS) is 22.9. The molecule has 4 nitrogen and oxygen atoms in total. The summed E-state index contributed by atoms with van der Waals surface area (Å²) in [5.74, 6) is 0.296. The molecule has 0 radical (unpaired) electrons. The molecule has 2 aromatic rings. The summed E-state index contributed by atoms with van der Waals surface area (Å²) < 4.78 is 0. The van der Waals surface area contributed by atoms with E-state index in [2.05, 4.69) is 51.2 Å². The molecule has 1 unspecified atom stereocenters. The Morgan fingerprint density at radius 3 is 2.61 bits per heavy atom. The first kappa shape index (κ1) is 19.1. The van der Waals surface area contributed by atoms with Crippen molar-refractivity contribution in [1.82, 2.24) is 14.8 Å². The molecule has 4 heteroatoms. The number of hydrogen-bond acceptors (Lipinski definition) is 3. The Bertz CT molecular complexity index is 820. The Morgan fingerprint density at radius 1 is 1.11 bits per heavy atom. The number of piperidine rings is 1. The largest absolute Gasteiger partial charge is 0.336 e. The van der Waals surface area contributed by atoms with Gasteiger partial charge in [-0.2, -0.15) is 0 Å². The number of amides is 1. The second-order valence-electron chi connectivity index (χ2n) is 8.75. The zero-order chi connectivity index (χ0) is 19.6. The van der Waals surface area contributed by atoms with Gasteiger partial charge in [-0.05, 0) is 54.6 Å². The number of pyridine rings is 1. The number of aromatic nitrogens is 1. The minimum atomic E-state index is 0.0126. The van der Waals surface area contributed by atoms with Crippen molar-refractivity contribution < 1.29 is 4.79 Å². The van der Waals surface area contributed by atoms with Gasteiger partial charge in [0.2, 0.25) is 5.91 Å². The van der Waals surface area contributed by atoms with E-state index in [0.29, 0.717) is 0 Å². The smallest absolute Gasteiger partial charge is 0.225 e. The maximum absolute atomic E-state index is 13.1. The fraction of sp³-hybridized carbons (Fsp3) is 0.500. The van der Waals surface area contributed by atoms with Gasteiger partial charge >= 0.3 is 0 Å². The van der Waals surface area contributed by atoms with Gasteiger partial charge in [-0.15, -0.1) is 0 Å². The third-order valence-corrected chi connectivity index (χ3v) is 6.40. The molecule has 0 bridgehead atoms. The number of carbonyl (C=O) groups excluding carboxylic acids is 1. The molecule has 0 saturated carbocycles. The van der Waals surface area contributed by atoms with Crippen LogP contribution in [0, 0.1) is 5.92 Å². The lowest BCUT2D eigenvalue weighted by Crippen LogP contribution is -2.59. The highest BCUT2D eigenvalue weighted by Gasteiger charge is 2.43. The van der Waals surface area contributed by atoms with E-state index in [1.165, 1.54) is 29.5 Å². The lowest BCUT2D eigenvalue weighted by atomic mass is 9.80. The molecule has 4 rings (SSSR count). The fourth-order valence-corrected chi connectivity index (χ4v) is 4.92. The predicted molar refractivity (Wildman–Crippen MR) is 112 cm³/mol. The maximum Gasteiger partial charge on any atom is 0.225 e. The van der Waals surface area contributed by atoms with Crippen LogP contribution in [0.3, 0.4) is 0 Å². The zero-order valence-electron chi connectivity index (χ0n) is 17.1. The molecule has 0 N–H and O–H groups in total. The summed E-state index contributed by atoms with van der Waals surface area (Å²) in [7, 11) is 0. The molecule has 1 fully saturated rings. The third kappa shape index (κ3) is 3.83. The Morgan fingerprint density at radius 2 is 1.86 bits per heavy atom. The van der Waals surface area contributed by atoms with E-state index >= 15 is 0 Å². The summed E-state index contributed by atoms with van der Waals surface area (Å²) in [5.41, 5.74) is 4.03. The van der Waals surface area contributed by atoms with E-state index in [0.717, 1.165) is 39.0 Å². The van der Waals surface area contributed by atoms with Crippen LogP contribution in [0.4, 0.5) is 0 Å². The summed E-state index contributed by atoms with van der Waals surface area (Å²) in [6.07, 6.45) is 8.39. The van der Waals surface area contributed by atoms with Gasteiger partial charge in [0.25, 0.3) is 0 Å². The topological polar surface area (TPSA) is 36.4 Å². The van der Waals surface area contributed by atoms with Gasteiger partial charge in [0, 0.05) is 43.5 Å². The molecule has 1 spiro atoms. The van der Waals surface area contributed by atoms with Gasteiger partial charge < -0.3 is 4.90 Å². The second kappa shape index (κ2) is 8.04. The van der Waals surface area contributed by atoms with Crippen LogP contribution in [0.15, 0.2) is 48.8 Å². The molecule has 2 aliphatic heterocycles. The van der Waals surface area contributed by atoms with E-state index < -0.39 is 0 Å². The van der Waals surface area contributed by atoms with Gasteiger partial charge in [0.15, 0.2) is 0 Å². The zero-order valence-corrected chi connectivity index (χ0v) is 17.1. The quantitative estimate of drug-likeness (QED) is 0.810. The van der Waals surface area contributed by atoms with Gasteiger partial charge in [-0.25, -0.2) is 0 Å². The predicted octanol–water partition coefficient (Wildman–Crippen LogP) is 4.05. The van der Waals surface area contributed by atoms with Crippen molar-refractivity contribution in [2.75, 3.05) is 13.1 Å². The van der Waals surface area contributed by atoms with Crippen LogP contribution in [0.2, 0.25) is 0 Å². The standard InChI is InChI=1S/C24H31N3O/c1-19(2)23(28)26-17-22-8-4-3-7-21(22)15-24(18-26)11-5-6-14-27(24)16-20-9-12-25-13-10-20/h3-4,7-10,12-13,19H,5-6,11,14-18H2,1-2H3. The number of rotatable bonds is 3. The first-order valence-corrected chi connectivity index (χ1v) is 10.6. The van der Waals surface area contributed by atoms with Crippen LogP contribution in [-0.2, 0) is 24.3 Å². The number of nitrogens with zero attached hydrogens (tertiary/aromatic N) is 3. The van der Waals surface area contributed by atoms with Gasteiger partial charge in [-0.3, -0.25) is 14.7 Å². The van der Waals surface area contributed by atoms with E-state index in [9.17, 15) is 4.79 Å². The minimum Gasteiger partial charge on any atom is -0.336 e. The van der Waals surface area contributed by atoms with Crippen molar-refractivity contribution >= 4 is 5.91 Å². The van der Waals surface area contributed by atoms with Crippen molar-refractivity contribution in [2.24, 2.45) is 5.92 Å². The van der Waals surface area contributed by atoms with Crippen LogP contribution in [0.25, 0.3) is 0 Å². The maximum atomic E-state index is 13.1. The summed E-state index contributed by atoms with van der Waals surface area (Å²) in [4.78, 5) is 22.0. The minimum absolute atomic E-state index is 0.0126. The van der Waals surface area contributed by atoms with Crippen LogP contribution in [-0.4, -0.2) is 39.3 Å². The Kier molecular flexibility index (Phi) is 5.49. The number of fused-ring (bicyclic) bond motifs is 1. The first-order chi connectivity index (χ1) is 13.6. The molecule has 1 saturated heterocycles. The molecule has 0 aliphatic carbocycles. The number of benzene rings is 1. The highest BCUT2D eigenvalue weighted by Crippen LogP contribution is 2.37. The molecule has 3 heterocycles. The van der Waals surface area contributed by atoms with E-state index in [1.54, 1.807) is 0 Å². The van der Waals surface area contributed by atoms with Crippen LogP contribution < -0.4 is 0 Å². The van der Waals surface area contributed by atoms with Crippen molar-refractivity contribution in [1.29, 1.82) is 0 Å². The van der Waals surface area contributed by atoms with E-state index in [-0.39, 0.29) is 17.4 Å².